The van der Waals surface area contributed by atoms with Crippen LogP contribution in [0.3, 0.4) is 0 Å². The zero-order chi connectivity index (χ0) is 33.6. The van der Waals surface area contributed by atoms with Gasteiger partial charge in [0.15, 0.2) is 29.0 Å². The minimum atomic E-state index is -2.97. The van der Waals surface area contributed by atoms with Crippen molar-refractivity contribution in [1.82, 2.24) is 0 Å². The first kappa shape index (κ1) is 40.0. The highest BCUT2D eigenvalue weighted by Crippen LogP contribution is 2.50. The third kappa shape index (κ3) is 10.4. The highest BCUT2D eigenvalue weighted by molar-refractivity contribution is 6.79. The molecular weight excluding hydrogens is 619 g/mol. The summed E-state index contributed by atoms with van der Waals surface area (Å²) in [6.07, 6.45) is 13.4. The van der Waals surface area contributed by atoms with E-state index >= 15 is 8.78 Å². The number of rotatable bonds is 24. The van der Waals surface area contributed by atoms with Gasteiger partial charge in [-0.25, -0.2) is 22.0 Å². The second-order valence-electron chi connectivity index (χ2n) is 13.8. The molecule has 1 unspecified atom stereocenters. The van der Waals surface area contributed by atoms with Crippen LogP contribution in [0.5, 0.6) is 5.75 Å². The van der Waals surface area contributed by atoms with E-state index in [2.05, 4.69) is 27.7 Å². The fourth-order valence-corrected chi connectivity index (χ4v) is 17.4. The molecule has 0 aromatic heterocycles. The van der Waals surface area contributed by atoms with Crippen LogP contribution in [0.2, 0.25) is 41.8 Å². The maximum atomic E-state index is 15.6. The first-order valence-electron chi connectivity index (χ1n) is 17.9. The number of fused-ring (bicyclic) bond motifs is 1. The zero-order valence-corrected chi connectivity index (χ0v) is 30.9. The van der Waals surface area contributed by atoms with E-state index in [9.17, 15) is 17.6 Å². The van der Waals surface area contributed by atoms with Crippen LogP contribution in [0.25, 0.3) is 5.83 Å². The second kappa shape index (κ2) is 19.6. The topological polar surface area (TPSA) is 9.23 Å². The van der Waals surface area contributed by atoms with Crippen LogP contribution in [0.15, 0.2) is 5.83 Å². The molecule has 1 aromatic carbocycles. The summed E-state index contributed by atoms with van der Waals surface area (Å²) in [7, 11) is -4.23. The molecule has 0 spiro atoms. The molecule has 259 valence electrons. The summed E-state index contributed by atoms with van der Waals surface area (Å²) >= 11 is 0. The van der Waals surface area contributed by atoms with Crippen LogP contribution in [0.4, 0.5) is 26.3 Å². The molecule has 1 radical (unpaired) electrons. The van der Waals surface area contributed by atoms with Gasteiger partial charge in [-0.15, -0.1) is 0 Å². The number of hydrogen-bond acceptors (Lipinski definition) is 1. The van der Waals surface area contributed by atoms with Gasteiger partial charge in [0.25, 0.3) is 8.32 Å². The first-order chi connectivity index (χ1) is 21.5. The first-order valence-corrected chi connectivity index (χ1v) is 23.2. The Morgan fingerprint density at radius 2 is 0.956 bits per heavy atom. The van der Waals surface area contributed by atoms with Crippen LogP contribution in [-0.4, -0.2) is 16.4 Å². The Labute approximate surface area is 272 Å². The van der Waals surface area contributed by atoms with E-state index in [0.717, 1.165) is 51.4 Å². The monoisotopic (exact) mass is 677 g/mol. The fraction of sp³-hybridized carbons (Fsp3) is 0.750. The molecule has 45 heavy (non-hydrogen) atoms. The molecule has 0 amide bonds. The predicted octanol–water partition coefficient (Wildman–Crippen LogP) is 14.3. The largest absolute Gasteiger partial charge is 0.539 e. The van der Waals surface area contributed by atoms with Gasteiger partial charge in [-0.05, 0) is 17.6 Å². The van der Waals surface area contributed by atoms with Gasteiger partial charge in [0.1, 0.15) is 0 Å². The zero-order valence-electron chi connectivity index (χ0n) is 28.9. The second-order valence-corrected chi connectivity index (χ2v) is 23.3. The number of allylic oxidation sites excluding steroid dienone is 1. The van der Waals surface area contributed by atoms with Gasteiger partial charge in [0, 0.05) is 0 Å². The van der Waals surface area contributed by atoms with Crippen molar-refractivity contribution < 1.29 is 30.8 Å². The summed E-state index contributed by atoms with van der Waals surface area (Å²) in [5.41, 5.74) is -2.63. The average molecular weight is 678 g/mol. The summed E-state index contributed by atoms with van der Waals surface area (Å²) in [6.45, 7) is 13.0. The molecule has 1 aromatic rings. The average Bonchev–Trinajstić information content (AvgIpc) is 3.23. The molecule has 0 saturated carbocycles. The SMILES string of the molecule is CCCCCCCCC[Si](CCCCCC[Si](CCC)(CCC)CCC)(Oc1c(F)c(F)c2c(c1F)C(F)=C(F)[C]2F)C(C)C. The van der Waals surface area contributed by atoms with Crippen molar-refractivity contribution >= 4 is 22.2 Å². The molecule has 1 aliphatic rings. The fourth-order valence-electron chi connectivity index (χ4n) is 7.58. The minimum absolute atomic E-state index is 0.0631. The Morgan fingerprint density at radius 3 is 1.42 bits per heavy atom. The maximum Gasteiger partial charge on any atom is 0.254 e. The van der Waals surface area contributed by atoms with E-state index in [0.29, 0.717) is 12.1 Å². The molecular formula is C36H59F6OSi2. The predicted molar refractivity (Wildman–Crippen MR) is 182 cm³/mol. The number of halogens is 6. The summed E-state index contributed by atoms with van der Waals surface area (Å²) in [6, 6.07) is 6.77. The third-order valence-electron chi connectivity index (χ3n) is 10.1. The highest BCUT2D eigenvalue weighted by atomic mass is 28.4. The lowest BCUT2D eigenvalue weighted by Gasteiger charge is -2.36. The van der Waals surface area contributed by atoms with E-state index in [-0.39, 0.29) is 5.54 Å². The summed E-state index contributed by atoms with van der Waals surface area (Å²) in [4.78, 5) is 0. The smallest absolute Gasteiger partial charge is 0.254 e. The lowest BCUT2D eigenvalue weighted by atomic mass is 10.1. The highest BCUT2D eigenvalue weighted by Gasteiger charge is 2.46. The third-order valence-corrected chi connectivity index (χ3v) is 21.3. The Balaban J connectivity index is 2.25. The van der Waals surface area contributed by atoms with Crippen LogP contribution >= 0.6 is 0 Å². The Morgan fingerprint density at radius 1 is 0.489 bits per heavy atom. The van der Waals surface area contributed by atoms with Crippen molar-refractivity contribution in [3.63, 3.8) is 0 Å². The maximum absolute atomic E-state index is 15.6. The molecule has 9 heteroatoms. The van der Waals surface area contributed by atoms with Gasteiger partial charge in [0.05, 0.1) is 19.2 Å². The molecule has 1 nitrogen and oxygen atoms in total. The van der Waals surface area contributed by atoms with Gasteiger partial charge in [-0.3, -0.25) is 0 Å². The molecule has 1 atom stereocenters. The van der Waals surface area contributed by atoms with E-state index in [1.54, 1.807) is 0 Å². The molecule has 0 heterocycles. The Kier molecular flexibility index (Phi) is 17.4. The molecule has 0 aliphatic heterocycles. The van der Waals surface area contributed by atoms with E-state index < -0.39 is 68.5 Å². The number of unbranched alkanes of at least 4 members (excludes halogenated alkanes) is 9. The molecule has 0 N–H and O–H groups in total. The number of benzene rings is 1. The molecule has 0 bridgehead atoms. The van der Waals surface area contributed by atoms with Gasteiger partial charge >= 0.3 is 0 Å². The van der Waals surface area contributed by atoms with E-state index in [1.807, 2.05) is 13.8 Å². The van der Waals surface area contributed by atoms with E-state index in [4.69, 9.17) is 4.43 Å². The van der Waals surface area contributed by atoms with Crippen LogP contribution in [0, 0.1) is 23.6 Å². The molecule has 1 aliphatic carbocycles. The van der Waals surface area contributed by atoms with Gasteiger partial charge in [0.2, 0.25) is 12.0 Å². The van der Waals surface area contributed by atoms with Crippen molar-refractivity contribution in [2.75, 3.05) is 0 Å². The van der Waals surface area contributed by atoms with Gasteiger partial charge < -0.3 is 4.43 Å². The van der Waals surface area contributed by atoms with Crippen molar-refractivity contribution in [3.8, 4) is 5.75 Å². The van der Waals surface area contributed by atoms with E-state index in [1.165, 1.54) is 62.7 Å². The quantitative estimate of drug-likeness (QED) is 0.0458. The lowest BCUT2D eigenvalue weighted by molar-refractivity contribution is 0.393. The standard InChI is InChI=1S/C36H59F6OSi2/c1-7-11-12-13-14-15-19-25-45(27(5)6,26-20-17-16-18-24-44(21-8-2,22-9-3)23-10-4)43-36-33(40)29-28(32(39)35(36)42)30(37)34(41)31(29)38/h27H,7-26H2,1-6H3. The Hall–Kier alpha value is -1.23. The molecule has 0 fully saturated rings. The molecule has 2 rings (SSSR count). The molecule has 0 saturated heterocycles. The Bertz CT molecular complexity index is 1060. The van der Waals surface area contributed by atoms with Crippen LogP contribution in [0.1, 0.15) is 143 Å². The van der Waals surface area contributed by atoms with Crippen molar-refractivity contribution in [2.24, 2.45) is 0 Å². The van der Waals surface area contributed by atoms with Crippen molar-refractivity contribution in [1.29, 1.82) is 0 Å². The van der Waals surface area contributed by atoms with Gasteiger partial charge in [-0.1, -0.05) is 156 Å². The van der Waals surface area contributed by atoms with Crippen molar-refractivity contribution in [3.05, 3.63) is 40.6 Å². The number of hydrogen-bond donors (Lipinski definition) is 0. The normalized spacial score (nSPS) is 15.3. The summed E-state index contributed by atoms with van der Waals surface area (Å²) in [5.74, 6) is -10.00. The van der Waals surface area contributed by atoms with Crippen LogP contribution in [-0.2, 0) is 0 Å². The summed E-state index contributed by atoms with van der Waals surface area (Å²) < 4.78 is 94.9. The lowest BCUT2D eigenvalue weighted by Crippen LogP contribution is -2.45. The van der Waals surface area contributed by atoms with Gasteiger partial charge in [-0.2, -0.15) is 4.39 Å². The minimum Gasteiger partial charge on any atom is -0.539 e. The van der Waals surface area contributed by atoms with Crippen LogP contribution < -0.4 is 4.43 Å². The van der Waals surface area contributed by atoms with Crippen molar-refractivity contribution in [2.45, 2.75) is 173 Å². The summed E-state index contributed by atoms with van der Waals surface area (Å²) in [5, 5.41) is 0.